The van der Waals surface area contributed by atoms with Crippen molar-refractivity contribution in [1.29, 1.82) is 0 Å². The SMILES string of the molecule is c1ccc(-c2ccc(-c3c4cccc(-c5cccc6c7ccccc7p(-c7ccccc7)c56)c4cc4c(-c5cccc6c7ccccc7p(-c7ccccc7)c56)cccc34)cc2)cc1. The van der Waals surface area contributed by atoms with Gasteiger partial charge in [0.15, 0.2) is 0 Å². The van der Waals surface area contributed by atoms with Gasteiger partial charge in [0.2, 0.25) is 0 Å². The summed E-state index contributed by atoms with van der Waals surface area (Å²) in [6.07, 6.45) is 0. The average Bonchev–Trinajstić information content (AvgIpc) is 3.90. The van der Waals surface area contributed by atoms with Gasteiger partial charge >= 0.3 is 0 Å². The Hall–Kier alpha value is -7.46. The molecule has 298 valence electrons. The highest BCUT2D eigenvalue weighted by Crippen LogP contribution is 2.60. The minimum atomic E-state index is -0.777. The molecule has 0 fully saturated rings. The highest BCUT2D eigenvalue weighted by Gasteiger charge is 2.23. The van der Waals surface area contributed by atoms with Crippen LogP contribution in [0.2, 0.25) is 0 Å². The van der Waals surface area contributed by atoms with E-state index >= 15 is 0 Å². The summed E-state index contributed by atoms with van der Waals surface area (Å²) in [4.78, 5) is 0. The summed E-state index contributed by atoms with van der Waals surface area (Å²) in [5.41, 5.74) is 10.1. The van der Waals surface area contributed by atoms with Crippen LogP contribution >= 0.6 is 15.1 Å². The quantitative estimate of drug-likeness (QED) is 0.146. The molecule has 2 aromatic heterocycles. The number of hydrogen-bond donors (Lipinski definition) is 0. The number of benzene rings is 11. The topological polar surface area (TPSA) is 0 Å². The summed E-state index contributed by atoms with van der Waals surface area (Å²) in [5, 5.41) is 19.1. The molecule has 64 heavy (non-hydrogen) atoms. The first-order valence-electron chi connectivity index (χ1n) is 22.1. The Bertz CT molecular complexity index is 3700. The molecular formula is C62H40P2. The van der Waals surface area contributed by atoms with Crippen molar-refractivity contribution in [1.82, 2.24) is 0 Å². The number of fused-ring (bicyclic) bond motifs is 8. The maximum Gasteiger partial charge on any atom is 0.0147 e. The summed E-state index contributed by atoms with van der Waals surface area (Å²) in [6, 6.07) is 91.2. The molecule has 0 N–H and O–H groups in total. The fourth-order valence-electron chi connectivity index (χ4n) is 10.6. The Morgan fingerprint density at radius 2 is 0.578 bits per heavy atom. The van der Waals surface area contributed by atoms with Crippen LogP contribution in [0.15, 0.2) is 243 Å². The van der Waals surface area contributed by atoms with Crippen molar-refractivity contribution in [3.8, 4) is 55.1 Å². The lowest BCUT2D eigenvalue weighted by atomic mass is 9.85. The molecule has 0 aliphatic heterocycles. The Balaban J connectivity index is 1.15. The van der Waals surface area contributed by atoms with Crippen molar-refractivity contribution in [2.75, 3.05) is 0 Å². The predicted octanol–water partition coefficient (Wildman–Crippen LogP) is 19.2. The molecule has 0 aliphatic rings. The Morgan fingerprint density at radius 3 is 1.06 bits per heavy atom. The third kappa shape index (κ3) is 5.77. The third-order valence-corrected chi connectivity index (χ3v) is 18.5. The van der Waals surface area contributed by atoms with E-state index in [2.05, 4.69) is 243 Å². The van der Waals surface area contributed by atoms with Gasteiger partial charge in [-0.1, -0.05) is 252 Å². The molecule has 13 aromatic rings. The molecule has 0 spiro atoms. The van der Waals surface area contributed by atoms with Gasteiger partial charge in [-0.2, -0.15) is 0 Å². The first-order valence-corrected chi connectivity index (χ1v) is 24.8. The monoisotopic (exact) mass is 846 g/mol. The second-order valence-corrected chi connectivity index (χ2v) is 21.0. The van der Waals surface area contributed by atoms with Crippen LogP contribution in [0, 0.1) is 0 Å². The van der Waals surface area contributed by atoms with E-state index < -0.39 is 15.1 Å². The van der Waals surface area contributed by atoms with E-state index in [0.29, 0.717) is 0 Å². The molecule has 0 nitrogen and oxygen atoms in total. The zero-order chi connectivity index (χ0) is 42.1. The third-order valence-electron chi connectivity index (χ3n) is 13.3. The predicted molar refractivity (Wildman–Crippen MR) is 281 cm³/mol. The Labute approximate surface area is 374 Å². The standard InChI is InChI=1S/C62H40P2/c1-4-18-41(19-5-1)42-36-38-43(39-37-42)60-50-28-14-26-46(52-30-16-32-54-48-24-10-12-34-58(48)63(61(52)54)44-20-6-2-7-21-44)56(50)40-57-47(27-15-29-51(57)60)53-31-17-33-55-49-25-11-13-35-59(49)64(62(53)55)45-22-8-3-9-23-45/h1-40H. The van der Waals surface area contributed by atoms with Crippen LogP contribution in [0.4, 0.5) is 0 Å². The van der Waals surface area contributed by atoms with Crippen LogP contribution < -0.4 is 0 Å². The van der Waals surface area contributed by atoms with Gasteiger partial charge in [0, 0.05) is 20.5 Å². The minimum Gasteiger partial charge on any atom is -0.0766 e. The molecule has 0 radical (unpaired) electrons. The van der Waals surface area contributed by atoms with Crippen molar-refractivity contribution < 1.29 is 0 Å². The fourth-order valence-corrected chi connectivity index (χ4v) is 16.2. The largest absolute Gasteiger partial charge is 0.0766 e. The van der Waals surface area contributed by atoms with E-state index in [0.717, 1.165) is 0 Å². The van der Waals surface area contributed by atoms with Gasteiger partial charge in [-0.25, -0.2) is 0 Å². The van der Waals surface area contributed by atoms with Gasteiger partial charge in [0.1, 0.15) is 0 Å². The molecule has 0 bridgehead atoms. The van der Waals surface area contributed by atoms with Crippen molar-refractivity contribution in [3.63, 3.8) is 0 Å². The van der Waals surface area contributed by atoms with Crippen molar-refractivity contribution in [2.24, 2.45) is 0 Å². The molecule has 2 heteroatoms. The summed E-state index contributed by atoms with van der Waals surface area (Å²) >= 11 is 0. The summed E-state index contributed by atoms with van der Waals surface area (Å²) in [5.74, 6) is 0. The zero-order valence-corrected chi connectivity index (χ0v) is 36.8. The summed E-state index contributed by atoms with van der Waals surface area (Å²) in [6.45, 7) is 0. The van der Waals surface area contributed by atoms with Crippen LogP contribution in [0.5, 0.6) is 0 Å². The van der Waals surface area contributed by atoms with Crippen molar-refractivity contribution in [3.05, 3.63) is 243 Å². The van der Waals surface area contributed by atoms with Gasteiger partial charge in [-0.05, 0) is 104 Å². The lowest BCUT2D eigenvalue weighted by Crippen LogP contribution is -1.91. The lowest BCUT2D eigenvalue weighted by molar-refractivity contribution is 1.61. The summed E-state index contributed by atoms with van der Waals surface area (Å²) < 4.78 is 0. The van der Waals surface area contributed by atoms with Gasteiger partial charge in [0.25, 0.3) is 0 Å². The van der Waals surface area contributed by atoms with E-state index in [4.69, 9.17) is 0 Å². The van der Waals surface area contributed by atoms with Gasteiger partial charge in [-0.15, -0.1) is 0 Å². The number of hydrogen-bond acceptors (Lipinski definition) is 0. The van der Waals surface area contributed by atoms with Crippen molar-refractivity contribution >= 4 is 78.6 Å². The van der Waals surface area contributed by atoms with E-state index in [1.54, 1.807) is 0 Å². The molecule has 2 unspecified atom stereocenters. The van der Waals surface area contributed by atoms with Crippen LogP contribution in [0.25, 0.3) is 119 Å². The molecule has 0 saturated carbocycles. The molecule has 11 aromatic carbocycles. The molecule has 13 rings (SSSR count). The second-order valence-electron chi connectivity index (χ2n) is 16.8. The zero-order valence-electron chi connectivity index (χ0n) is 35.0. The molecule has 0 aliphatic carbocycles. The van der Waals surface area contributed by atoms with E-state index in [1.165, 1.54) is 119 Å². The maximum absolute atomic E-state index is 2.54. The lowest BCUT2D eigenvalue weighted by Gasteiger charge is -2.19. The highest BCUT2D eigenvalue weighted by molar-refractivity contribution is 7.68. The second kappa shape index (κ2) is 15.1. The van der Waals surface area contributed by atoms with Crippen LogP contribution in [-0.4, -0.2) is 0 Å². The maximum atomic E-state index is 2.54. The van der Waals surface area contributed by atoms with Gasteiger partial charge in [0.05, 0.1) is 0 Å². The highest BCUT2D eigenvalue weighted by atomic mass is 31.1. The number of rotatable bonds is 6. The summed E-state index contributed by atoms with van der Waals surface area (Å²) in [7, 11) is -1.55. The normalized spacial score (nSPS) is 12.3. The fraction of sp³-hybridized carbons (Fsp3) is 0. The van der Waals surface area contributed by atoms with Crippen LogP contribution in [0.3, 0.4) is 0 Å². The molecule has 0 saturated heterocycles. The minimum absolute atomic E-state index is 0.777. The molecule has 0 amide bonds. The Kier molecular flexibility index (Phi) is 8.77. The van der Waals surface area contributed by atoms with E-state index in [9.17, 15) is 0 Å². The van der Waals surface area contributed by atoms with E-state index in [-0.39, 0.29) is 0 Å². The van der Waals surface area contributed by atoms with Gasteiger partial charge in [-0.3, -0.25) is 0 Å². The van der Waals surface area contributed by atoms with Gasteiger partial charge < -0.3 is 0 Å². The Morgan fingerprint density at radius 1 is 0.219 bits per heavy atom. The molecule has 2 atom stereocenters. The van der Waals surface area contributed by atoms with Crippen molar-refractivity contribution in [2.45, 2.75) is 0 Å². The first kappa shape index (κ1) is 37.1. The van der Waals surface area contributed by atoms with Crippen LogP contribution in [0.1, 0.15) is 0 Å². The van der Waals surface area contributed by atoms with E-state index in [1.807, 2.05) is 0 Å². The molecule has 2 heterocycles. The van der Waals surface area contributed by atoms with Crippen LogP contribution in [-0.2, 0) is 0 Å². The average molecular weight is 847 g/mol. The molecular weight excluding hydrogens is 807 g/mol. The first-order chi connectivity index (χ1) is 31.8. The smallest absolute Gasteiger partial charge is 0.0147 e.